The summed E-state index contributed by atoms with van der Waals surface area (Å²) in [6.45, 7) is 5.14. The van der Waals surface area contributed by atoms with Crippen LogP contribution in [0.2, 0.25) is 0 Å². The van der Waals surface area contributed by atoms with E-state index in [2.05, 4.69) is 18.3 Å². The van der Waals surface area contributed by atoms with Crippen molar-refractivity contribution in [1.29, 1.82) is 0 Å². The Bertz CT molecular complexity index is 476. The summed E-state index contributed by atoms with van der Waals surface area (Å²) in [5.74, 6) is 1.12. The molecule has 1 aliphatic rings. The van der Waals surface area contributed by atoms with Crippen LogP contribution in [-0.4, -0.2) is 25.0 Å². The number of Topliss-reactive ketones (excluding diaryl/α,β-unsaturated/α-hetero) is 1. The predicted octanol–water partition coefficient (Wildman–Crippen LogP) is 3.04. The molecular formula is C17H25NO2. The normalized spacial score (nSPS) is 21.9. The summed E-state index contributed by atoms with van der Waals surface area (Å²) in [6, 6.07) is 6.03. The third kappa shape index (κ3) is 3.04. The molecule has 1 saturated heterocycles. The van der Waals surface area contributed by atoms with E-state index in [-0.39, 0.29) is 5.54 Å². The smallest absolute Gasteiger partial charge is 0.157 e. The van der Waals surface area contributed by atoms with Gasteiger partial charge in [0.15, 0.2) is 5.78 Å². The summed E-state index contributed by atoms with van der Waals surface area (Å²) in [5, 5.41) is 3.45. The molecule has 3 heteroatoms. The Kier molecular flexibility index (Phi) is 4.81. The SMILES string of the molecule is CCCC1(C(=O)Cc2cc(C)ccc2OC)CCCN1. The van der Waals surface area contributed by atoms with Crippen LogP contribution in [0.25, 0.3) is 0 Å². The van der Waals surface area contributed by atoms with E-state index in [1.807, 2.05) is 19.1 Å². The summed E-state index contributed by atoms with van der Waals surface area (Å²) >= 11 is 0. The van der Waals surface area contributed by atoms with Crippen LogP contribution in [0.5, 0.6) is 5.75 Å². The van der Waals surface area contributed by atoms with E-state index in [0.29, 0.717) is 12.2 Å². The van der Waals surface area contributed by atoms with E-state index < -0.39 is 0 Å². The van der Waals surface area contributed by atoms with Crippen molar-refractivity contribution in [3.05, 3.63) is 29.3 Å². The lowest BCUT2D eigenvalue weighted by Crippen LogP contribution is -2.48. The highest BCUT2D eigenvalue weighted by molar-refractivity contribution is 5.91. The molecule has 1 aromatic carbocycles. The fraction of sp³-hybridized carbons (Fsp3) is 0.588. The number of ketones is 1. The van der Waals surface area contributed by atoms with Gasteiger partial charge in [0.25, 0.3) is 0 Å². The van der Waals surface area contributed by atoms with Gasteiger partial charge in [-0.05, 0) is 38.8 Å². The third-order valence-corrected chi connectivity index (χ3v) is 4.24. The van der Waals surface area contributed by atoms with Gasteiger partial charge in [-0.1, -0.05) is 31.0 Å². The number of carbonyl (C=O) groups is 1. The monoisotopic (exact) mass is 275 g/mol. The fourth-order valence-electron chi connectivity index (χ4n) is 3.21. The second-order valence-electron chi connectivity index (χ2n) is 5.78. The van der Waals surface area contributed by atoms with Gasteiger partial charge in [0.1, 0.15) is 5.75 Å². The number of nitrogens with one attached hydrogen (secondary N) is 1. The van der Waals surface area contributed by atoms with Crippen molar-refractivity contribution in [2.45, 2.75) is 51.5 Å². The zero-order chi connectivity index (χ0) is 14.6. The molecule has 1 fully saturated rings. The van der Waals surface area contributed by atoms with Gasteiger partial charge in [-0.15, -0.1) is 0 Å². The maximum Gasteiger partial charge on any atom is 0.157 e. The number of ether oxygens (including phenoxy) is 1. The maximum atomic E-state index is 12.8. The maximum absolute atomic E-state index is 12.8. The molecule has 1 atom stereocenters. The van der Waals surface area contributed by atoms with Crippen molar-refractivity contribution in [3.63, 3.8) is 0 Å². The first-order valence-electron chi connectivity index (χ1n) is 7.53. The molecule has 2 rings (SSSR count). The average Bonchev–Trinajstić information content (AvgIpc) is 2.89. The van der Waals surface area contributed by atoms with Gasteiger partial charge in [0.05, 0.1) is 12.6 Å². The number of rotatable bonds is 6. The molecule has 0 aromatic heterocycles. The number of carbonyl (C=O) groups excluding carboxylic acids is 1. The molecule has 0 bridgehead atoms. The fourth-order valence-corrected chi connectivity index (χ4v) is 3.21. The Morgan fingerprint density at radius 1 is 1.45 bits per heavy atom. The minimum Gasteiger partial charge on any atom is -0.496 e. The molecular weight excluding hydrogens is 250 g/mol. The highest BCUT2D eigenvalue weighted by Gasteiger charge is 2.39. The molecule has 1 aromatic rings. The van der Waals surface area contributed by atoms with Gasteiger partial charge >= 0.3 is 0 Å². The highest BCUT2D eigenvalue weighted by Crippen LogP contribution is 2.29. The molecule has 0 spiro atoms. The van der Waals surface area contributed by atoms with E-state index in [1.54, 1.807) is 7.11 Å². The number of aryl methyl sites for hydroxylation is 1. The van der Waals surface area contributed by atoms with Crippen molar-refractivity contribution in [3.8, 4) is 5.75 Å². The lowest BCUT2D eigenvalue weighted by Gasteiger charge is -2.28. The molecule has 1 unspecified atom stereocenters. The highest BCUT2D eigenvalue weighted by atomic mass is 16.5. The Hall–Kier alpha value is -1.35. The molecule has 0 saturated carbocycles. The summed E-state index contributed by atoms with van der Waals surface area (Å²) in [5.41, 5.74) is 1.86. The van der Waals surface area contributed by atoms with Gasteiger partial charge in [-0.25, -0.2) is 0 Å². The number of hydrogen-bond donors (Lipinski definition) is 1. The second-order valence-corrected chi connectivity index (χ2v) is 5.78. The van der Waals surface area contributed by atoms with Crippen LogP contribution in [0.3, 0.4) is 0 Å². The first-order chi connectivity index (χ1) is 9.61. The molecule has 20 heavy (non-hydrogen) atoms. The summed E-state index contributed by atoms with van der Waals surface area (Å²) < 4.78 is 5.38. The number of hydrogen-bond acceptors (Lipinski definition) is 3. The molecule has 0 radical (unpaired) electrons. The van der Waals surface area contributed by atoms with Crippen LogP contribution in [0, 0.1) is 6.92 Å². The molecule has 1 N–H and O–H groups in total. The van der Waals surface area contributed by atoms with Gasteiger partial charge in [0, 0.05) is 12.0 Å². The van der Waals surface area contributed by atoms with Gasteiger partial charge < -0.3 is 10.1 Å². The summed E-state index contributed by atoms with van der Waals surface area (Å²) in [7, 11) is 1.66. The van der Waals surface area contributed by atoms with Crippen LogP contribution in [0.15, 0.2) is 18.2 Å². The van der Waals surface area contributed by atoms with E-state index in [0.717, 1.165) is 49.1 Å². The van der Waals surface area contributed by atoms with Crippen LogP contribution in [-0.2, 0) is 11.2 Å². The lowest BCUT2D eigenvalue weighted by molar-refractivity contribution is -0.124. The molecule has 1 aliphatic heterocycles. The van der Waals surface area contributed by atoms with Crippen molar-refractivity contribution in [2.75, 3.05) is 13.7 Å². The Morgan fingerprint density at radius 2 is 2.25 bits per heavy atom. The second kappa shape index (κ2) is 6.40. The van der Waals surface area contributed by atoms with Gasteiger partial charge in [-0.3, -0.25) is 4.79 Å². The minimum absolute atomic E-state index is 0.302. The number of methoxy groups -OCH3 is 1. The molecule has 0 amide bonds. The van der Waals surface area contributed by atoms with Gasteiger partial charge in [-0.2, -0.15) is 0 Å². The Balaban J connectivity index is 2.20. The first kappa shape index (κ1) is 15.0. The molecule has 0 aliphatic carbocycles. The van der Waals surface area contributed by atoms with E-state index >= 15 is 0 Å². The van der Waals surface area contributed by atoms with Crippen molar-refractivity contribution >= 4 is 5.78 Å². The largest absolute Gasteiger partial charge is 0.496 e. The van der Waals surface area contributed by atoms with Crippen LogP contribution in [0.4, 0.5) is 0 Å². The topological polar surface area (TPSA) is 38.3 Å². The average molecular weight is 275 g/mol. The van der Waals surface area contributed by atoms with Crippen molar-refractivity contribution < 1.29 is 9.53 Å². The Labute approximate surface area is 121 Å². The van der Waals surface area contributed by atoms with Crippen LogP contribution >= 0.6 is 0 Å². The molecule has 1 heterocycles. The molecule has 110 valence electrons. The standard InChI is InChI=1S/C17H25NO2/c1-4-8-17(9-5-10-18-17)16(19)12-14-11-13(2)6-7-15(14)20-3/h6-7,11,18H,4-5,8-10,12H2,1-3H3. The third-order valence-electron chi connectivity index (χ3n) is 4.24. The van der Waals surface area contributed by atoms with Crippen molar-refractivity contribution in [2.24, 2.45) is 0 Å². The lowest BCUT2D eigenvalue weighted by atomic mass is 9.84. The summed E-state index contributed by atoms with van der Waals surface area (Å²) in [6.07, 6.45) is 4.48. The van der Waals surface area contributed by atoms with Crippen LogP contribution < -0.4 is 10.1 Å². The predicted molar refractivity (Wildman–Crippen MR) is 81.3 cm³/mol. The molecule has 3 nitrogen and oxygen atoms in total. The van der Waals surface area contributed by atoms with E-state index in [1.165, 1.54) is 0 Å². The number of benzene rings is 1. The van der Waals surface area contributed by atoms with Crippen LogP contribution in [0.1, 0.15) is 43.7 Å². The first-order valence-corrected chi connectivity index (χ1v) is 7.53. The quantitative estimate of drug-likeness (QED) is 0.867. The zero-order valence-electron chi connectivity index (χ0n) is 12.8. The van der Waals surface area contributed by atoms with Crippen molar-refractivity contribution in [1.82, 2.24) is 5.32 Å². The van der Waals surface area contributed by atoms with E-state index in [9.17, 15) is 4.79 Å². The van der Waals surface area contributed by atoms with Gasteiger partial charge in [0.2, 0.25) is 0 Å². The van der Waals surface area contributed by atoms with E-state index in [4.69, 9.17) is 4.74 Å². The minimum atomic E-state index is -0.302. The summed E-state index contributed by atoms with van der Waals surface area (Å²) in [4.78, 5) is 12.8. The zero-order valence-corrected chi connectivity index (χ0v) is 12.8. The Morgan fingerprint density at radius 3 is 2.85 bits per heavy atom.